The van der Waals surface area contributed by atoms with E-state index in [0.717, 1.165) is 53.5 Å². The number of aromatic nitrogens is 1. The normalized spacial score (nSPS) is 17.6. The van der Waals surface area contributed by atoms with Crippen LogP contribution in [0, 0.1) is 11.3 Å². The van der Waals surface area contributed by atoms with Gasteiger partial charge in [-0.05, 0) is 79.2 Å². The summed E-state index contributed by atoms with van der Waals surface area (Å²) in [6.07, 6.45) is 6.64. The van der Waals surface area contributed by atoms with Crippen molar-refractivity contribution in [3.05, 3.63) is 72.4 Å². The van der Waals surface area contributed by atoms with Crippen molar-refractivity contribution in [1.82, 2.24) is 9.88 Å². The van der Waals surface area contributed by atoms with Crippen LogP contribution in [0.5, 0.6) is 0 Å². The molecule has 218 valence electrons. The van der Waals surface area contributed by atoms with E-state index in [4.69, 9.17) is 5.73 Å². The van der Waals surface area contributed by atoms with Gasteiger partial charge in [-0.3, -0.25) is 9.59 Å². The second kappa shape index (κ2) is 12.6. The van der Waals surface area contributed by atoms with Crippen molar-refractivity contribution < 1.29 is 9.59 Å². The van der Waals surface area contributed by atoms with E-state index in [-0.39, 0.29) is 23.3 Å². The lowest BCUT2D eigenvalue weighted by atomic mass is 9.83. The smallest absolute Gasteiger partial charge is 0.225 e. The molecule has 0 aliphatic heterocycles. The van der Waals surface area contributed by atoms with Gasteiger partial charge < -0.3 is 16.0 Å². The fourth-order valence-electron chi connectivity index (χ4n) is 5.66. The van der Waals surface area contributed by atoms with Crippen LogP contribution < -0.4 is 11.1 Å². The molecule has 1 fully saturated rings. The number of anilines is 1. The summed E-state index contributed by atoms with van der Waals surface area (Å²) in [5.41, 5.74) is 11.0. The molecule has 0 unspecified atom stereocenters. The van der Waals surface area contributed by atoms with Gasteiger partial charge in [0.05, 0.1) is 0 Å². The highest BCUT2D eigenvalue weighted by molar-refractivity contribution is 5.92. The third-order valence-electron chi connectivity index (χ3n) is 8.11. The van der Waals surface area contributed by atoms with Crippen molar-refractivity contribution in [3.63, 3.8) is 0 Å². The van der Waals surface area contributed by atoms with Gasteiger partial charge in [-0.1, -0.05) is 75.4 Å². The number of hydrogen-bond donors (Lipinski definition) is 2. The Bertz CT molecular complexity index is 1330. The molecule has 0 bridgehead atoms. The van der Waals surface area contributed by atoms with E-state index < -0.39 is 5.54 Å². The maximum absolute atomic E-state index is 13.1. The van der Waals surface area contributed by atoms with Gasteiger partial charge in [0.15, 0.2) is 0 Å². The average molecular weight is 555 g/mol. The van der Waals surface area contributed by atoms with Crippen molar-refractivity contribution >= 4 is 17.6 Å². The van der Waals surface area contributed by atoms with E-state index in [1.54, 1.807) is 0 Å². The van der Waals surface area contributed by atoms with E-state index in [9.17, 15) is 9.59 Å². The average Bonchev–Trinajstić information content (AvgIpc) is 2.92. The Hall–Kier alpha value is -3.51. The first-order valence-electron chi connectivity index (χ1n) is 14.8. The first-order valence-corrected chi connectivity index (χ1v) is 14.8. The Balaban J connectivity index is 1.42. The van der Waals surface area contributed by atoms with Gasteiger partial charge >= 0.3 is 0 Å². The molecule has 1 heterocycles. The van der Waals surface area contributed by atoms with Gasteiger partial charge in [-0.25, -0.2) is 4.98 Å². The first kappa shape index (κ1) is 30.4. The minimum absolute atomic E-state index is 0.0143. The summed E-state index contributed by atoms with van der Waals surface area (Å²) in [6, 6.07) is 20.7. The maximum atomic E-state index is 13.1. The second-order valence-corrected chi connectivity index (χ2v) is 13.4. The molecule has 3 aromatic rings. The van der Waals surface area contributed by atoms with Crippen molar-refractivity contribution in [3.8, 4) is 22.3 Å². The zero-order valence-corrected chi connectivity index (χ0v) is 25.5. The molecule has 3 N–H and O–H groups in total. The summed E-state index contributed by atoms with van der Waals surface area (Å²) in [7, 11) is 1.93. The summed E-state index contributed by atoms with van der Waals surface area (Å²) in [5, 5.41) is 3.05. The molecule has 1 aromatic heterocycles. The standard InChI is InChI=1S/C35H46N4O2/c1-34(2,3)22-33(41)39(6)28-18-12-24(13-19-28)20-32(40)38-31-21-29(25-10-8-7-9-11-25)30(23-37-31)26-14-16-27(17-15-26)35(4,5)36/h7-11,14-17,21,23-24,28H,12-13,18-20,22,36H2,1-6H3,(H,37,38,40)/t24-,28-. The Morgan fingerprint density at radius 2 is 1.51 bits per heavy atom. The van der Waals surface area contributed by atoms with Crippen LogP contribution in [-0.2, 0) is 15.1 Å². The molecule has 2 aromatic carbocycles. The first-order chi connectivity index (χ1) is 19.3. The lowest BCUT2D eigenvalue weighted by molar-refractivity contribution is -0.134. The zero-order valence-electron chi connectivity index (χ0n) is 25.5. The molecular formula is C35H46N4O2. The van der Waals surface area contributed by atoms with Crippen LogP contribution in [0.2, 0.25) is 0 Å². The number of carbonyl (C=O) groups excluding carboxylic acids is 2. The molecule has 0 atom stereocenters. The molecule has 6 heteroatoms. The van der Waals surface area contributed by atoms with Crippen molar-refractivity contribution in [2.75, 3.05) is 12.4 Å². The van der Waals surface area contributed by atoms with Crippen LogP contribution in [0.1, 0.15) is 78.7 Å². The Morgan fingerprint density at radius 3 is 2.10 bits per heavy atom. The molecule has 0 spiro atoms. The number of hydrogen-bond acceptors (Lipinski definition) is 4. The molecule has 1 saturated carbocycles. The number of rotatable bonds is 8. The van der Waals surface area contributed by atoms with Crippen LogP contribution in [-0.4, -0.2) is 34.8 Å². The summed E-state index contributed by atoms with van der Waals surface area (Å²) in [5.74, 6) is 1.06. The van der Waals surface area contributed by atoms with E-state index in [1.165, 1.54) is 0 Å². The summed E-state index contributed by atoms with van der Waals surface area (Å²) >= 11 is 0. The number of nitrogens with two attached hydrogens (primary N) is 1. The SMILES string of the molecule is CN(C(=O)CC(C)(C)C)[C@H]1CC[C@H](CC(=O)Nc2cc(-c3ccccc3)c(-c3ccc(C(C)(C)N)cc3)cn2)CC1. The minimum atomic E-state index is -0.411. The number of nitrogens with one attached hydrogen (secondary N) is 1. The molecule has 1 aliphatic rings. The highest BCUT2D eigenvalue weighted by Crippen LogP contribution is 2.35. The van der Waals surface area contributed by atoms with Crippen LogP contribution in [0.4, 0.5) is 5.82 Å². The van der Waals surface area contributed by atoms with Crippen LogP contribution in [0.25, 0.3) is 22.3 Å². The fraction of sp³-hybridized carbons (Fsp3) is 0.457. The topological polar surface area (TPSA) is 88.3 Å². The highest BCUT2D eigenvalue weighted by Gasteiger charge is 2.29. The van der Waals surface area contributed by atoms with Crippen molar-refractivity contribution in [1.29, 1.82) is 0 Å². The van der Waals surface area contributed by atoms with Gasteiger partial charge in [0.25, 0.3) is 0 Å². The fourth-order valence-corrected chi connectivity index (χ4v) is 5.66. The van der Waals surface area contributed by atoms with Gasteiger partial charge in [0, 0.05) is 43.2 Å². The molecule has 4 rings (SSSR count). The minimum Gasteiger partial charge on any atom is -0.343 e. The van der Waals surface area contributed by atoms with E-state index in [1.807, 2.05) is 56.3 Å². The van der Waals surface area contributed by atoms with Gasteiger partial charge in [0.1, 0.15) is 5.82 Å². The van der Waals surface area contributed by atoms with Gasteiger partial charge in [-0.15, -0.1) is 0 Å². The van der Waals surface area contributed by atoms with Crippen LogP contribution in [0.3, 0.4) is 0 Å². The summed E-state index contributed by atoms with van der Waals surface area (Å²) in [4.78, 5) is 32.3. The lowest BCUT2D eigenvalue weighted by Gasteiger charge is -2.35. The Labute approximate surface area is 245 Å². The lowest BCUT2D eigenvalue weighted by Crippen LogP contribution is -2.41. The largest absolute Gasteiger partial charge is 0.343 e. The van der Waals surface area contributed by atoms with E-state index in [0.29, 0.717) is 24.6 Å². The van der Waals surface area contributed by atoms with Crippen LogP contribution in [0.15, 0.2) is 66.9 Å². The second-order valence-electron chi connectivity index (χ2n) is 13.4. The van der Waals surface area contributed by atoms with Crippen molar-refractivity contribution in [2.24, 2.45) is 17.1 Å². The molecule has 0 saturated heterocycles. The molecule has 0 radical (unpaired) electrons. The number of amides is 2. The summed E-state index contributed by atoms with van der Waals surface area (Å²) in [6.45, 7) is 10.3. The molecule has 41 heavy (non-hydrogen) atoms. The third-order valence-corrected chi connectivity index (χ3v) is 8.11. The molecule has 1 aliphatic carbocycles. The predicted octanol–water partition coefficient (Wildman–Crippen LogP) is 7.39. The Kier molecular flexibility index (Phi) is 9.33. The van der Waals surface area contributed by atoms with E-state index >= 15 is 0 Å². The predicted molar refractivity (Wildman–Crippen MR) is 168 cm³/mol. The molecule has 6 nitrogen and oxygen atoms in total. The summed E-state index contributed by atoms with van der Waals surface area (Å²) < 4.78 is 0. The monoisotopic (exact) mass is 554 g/mol. The zero-order chi connectivity index (χ0) is 29.8. The van der Waals surface area contributed by atoms with Gasteiger partial charge in [-0.2, -0.15) is 0 Å². The molecular weight excluding hydrogens is 508 g/mol. The molecule has 2 amide bonds. The van der Waals surface area contributed by atoms with Crippen LogP contribution >= 0.6 is 0 Å². The highest BCUT2D eigenvalue weighted by atomic mass is 16.2. The maximum Gasteiger partial charge on any atom is 0.225 e. The third kappa shape index (κ3) is 8.26. The van der Waals surface area contributed by atoms with E-state index in [2.05, 4.69) is 67.5 Å². The number of carbonyl (C=O) groups is 2. The Morgan fingerprint density at radius 1 is 0.902 bits per heavy atom. The number of pyridine rings is 1. The van der Waals surface area contributed by atoms with Crippen molar-refractivity contribution in [2.45, 2.75) is 84.7 Å². The van der Waals surface area contributed by atoms with Gasteiger partial charge in [0.2, 0.25) is 11.8 Å². The number of benzene rings is 2. The number of nitrogens with zero attached hydrogens (tertiary/aromatic N) is 2. The quantitative estimate of drug-likeness (QED) is 0.304.